The van der Waals surface area contributed by atoms with Crippen molar-refractivity contribution in [3.63, 3.8) is 0 Å². The number of benzene rings is 1. The highest BCUT2D eigenvalue weighted by atomic mass is 16.6. The van der Waals surface area contributed by atoms with E-state index < -0.39 is 0 Å². The summed E-state index contributed by atoms with van der Waals surface area (Å²) in [5.74, 6) is 1.04. The number of esters is 1. The van der Waals surface area contributed by atoms with Gasteiger partial charge in [-0.25, -0.2) is 0 Å². The van der Waals surface area contributed by atoms with Gasteiger partial charge in [-0.2, -0.15) is 0 Å². The molecule has 0 bridgehead atoms. The smallest absolute Gasteiger partial charge is 0.308 e. The molecule has 1 aromatic carbocycles. The predicted octanol–water partition coefficient (Wildman–Crippen LogP) is 2.36. The molecule has 0 radical (unpaired) electrons. The zero-order chi connectivity index (χ0) is 14.8. The molecule has 0 aliphatic carbocycles. The fourth-order valence-corrected chi connectivity index (χ4v) is 2.41. The molecule has 1 atom stereocenters. The molecule has 2 heterocycles. The van der Waals surface area contributed by atoms with Gasteiger partial charge >= 0.3 is 5.97 Å². The van der Waals surface area contributed by atoms with Crippen LogP contribution < -0.4 is 9.47 Å². The Morgan fingerprint density at radius 3 is 2.71 bits per heavy atom. The van der Waals surface area contributed by atoms with Gasteiger partial charge in [-0.05, 0) is 12.1 Å². The number of hydrogen-bond donors (Lipinski definition) is 0. The highest BCUT2D eigenvalue weighted by Crippen LogP contribution is 2.34. The van der Waals surface area contributed by atoms with E-state index in [0.717, 1.165) is 28.1 Å². The number of aromatic nitrogens is 1. The highest BCUT2D eigenvalue weighted by Gasteiger charge is 2.16. The molecule has 5 nitrogen and oxygen atoms in total. The van der Waals surface area contributed by atoms with E-state index in [1.807, 2.05) is 31.2 Å². The first kappa shape index (κ1) is 13.7. The van der Waals surface area contributed by atoms with Gasteiger partial charge in [0.2, 0.25) is 0 Å². The fourth-order valence-electron chi connectivity index (χ4n) is 2.41. The van der Waals surface area contributed by atoms with E-state index in [-0.39, 0.29) is 11.9 Å². The molecule has 0 spiro atoms. The lowest BCUT2D eigenvalue weighted by Crippen LogP contribution is -2.16. The summed E-state index contributed by atoms with van der Waals surface area (Å²) >= 11 is 0. The molecule has 0 saturated heterocycles. The van der Waals surface area contributed by atoms with Crippen LogP contribution in [0.15, 0.2) is 24.3 Å². The SMILES string of the molecule is COC(=O)C(C)Cc1ccc2cc3c(cc2n1)OCCO3. The van der Waals surface area contributed by atoms with Crippen molar-refractivity contribution in [1.82, 2.24) is 4.98 Å². The van der Waals surface area contributed by atoms with Crippen LogP contribution in [0.3, 0.4) is 0 Å². The molecule has 0 N–H and O–H groups in total. The maximum Gasteiger partial charge on any atom is 0.308 e. The van der Waals surface area contributed by atoms with Crippen LogP contribution >= 0.6 is 0 Å². The maximum absolute atomic E-state index is 11.5. The van der Waals surface area contributed by atoms with Gasteiger partial charge in [0.05, 0.1) is 18.5 Å². The molecule has 1 unspecified atom stereocenters. The summed E-state index contributed by atoms with van der Waals surface area (Å²) in [7, 11) is 1.40. The lowest BCUT2D eigenvalue weighted by molar-refractivity contribution is -0.144. The topological polar surface area (TPSA) is 57.7 Å². The lowest BCUT2D eigenvalue weighted by atomic mass is 10.0. The molecule has 0 amide bonds. The molecule has 5 heteroatoms. The number of rotatable bonds is 3. The standard InChI is InChI=1S/C16H17NO4/c1-10(16(18)19-2)7-12-4-3-11-8-14-15(9-13(11)17-12)21-6-5-20-14/h3-4,8-10H,5-7H2,1-2H3. The molecule has 3 rings (SSSR count). The monoisotopic (exact) mass is 287 g/mol. The van der Waals surface area contributed by atoms with Crippen molar-refractivity contribution in [1.29, 1.82) is 0 Å². The normalized spacial score (nSPS) is 14.8. The second-order valence-electron chi connectivity index (χ2n) is 5.12. The molecule has 1 aliphatic rings. The highest BCUT2D eigenvalue weighted by molar-refractivity contribution is 5.83. The average molecular weight is 287 g/mol. The fraction of sp³-hybridized carbons (Fsp3) is 0.375. The first-order chi connectivity index (χ1) is 10.2. The van der Waals surface area contributed by atoms with Crippen LogP contribution in [0.1, 0.15) is 12.6 Å². The zero-order valence-corrected chi connectivity index (χ0v) is 12.1. The van der Waals surface area contributed by atoms with Gasteiger partial charge < -0.3 is 14.2 Å². The minimum absolute atomic E-state index is 0.211. The summed E-state index contributed by atoms with van der Waals surface area (Å²) < 4.78 is 15.9. The molecular weight excluding hydrogens is 270 g/mol. The zero-order valence-electron chi connectivity index (χ0n) is 12.1. The van der Waals surface area contributed by atoms with Crippen molar-refractivity contribution in [2.45, 2.75) is 13.3 Å². The van der Waals surface area contributed by atoms with Crippen molar-refractivity contribution < 1.29 is 19.0 Å². The number of carbonyl (C=O) groups is 1. The first-order valence-electron chi connectivity index (χ1n) is 6.94. The molecule has 1 aromatic heterocycles. The Labute approximate surface area is 122 Å². The molecule has 1 aliphatic heterocycles. The second-order valence-corrected chi connectivity index (χ2v) is 5.12. The molecule has 21 heavy (non-hydrogen) atoms. The molecular formula is C16H17NO4. The van der Waals surface area contributed by atoms with Crippen molar-refractivity contribution in [3.05, 3.63) is 30.0 Å². The Morgan fingerprint density at radius 1 is 1.29 bits per heavy atom. The van der Waals surface area contributed by atoms with E-state index >= 15 is 0 Å². The van der Waals surface area contributed by atoms with Crippen molar-refractivity contribution in [2.24, 2.45) is 5.92 Å². The molecule has 0 saturated carbocycles. The van der Waals surface area contributed by atoms with Gasteiger partial charge in [0.15, 0.2) is 11.5 Å². The van der Waals surface area contributed by atoms with Gasteiger partial charge in [-0.15, -0.1) is 0 Å². The Hall–Kier alpha value is -2.30. The second kappa shape index (κ2) is 5.60. The Balaban J connectivity index is 1.90. The van der Waals surface area contributed by atoms with Crippen LogP contribution in [0.4, 0.5) is 0 Å². The number of nitrogens with zero attached hydrogens (tertiary/aromatic N) is 1. The third-order valence-electron chi connectivity index (χ3n) is 3.53. The summed E-state index contributed by atoms with van der Waals surface area (Å²) in [6, 6.07) is 7.73. The largest absolute Gasteiger partial charge is 0.486 e. The third kappa shape index (κ3) is 2.77. The number of pyridine rings is 1. The number of fused-ring (bicyclic) bond motifs is 2. The predicted molar refractivity (Wildman–Crippen MR) is 77.6 cm³/mol. The first-order valence-corrected chi connectivity index (χ1v) is 6.94. The number of hydrogen-bond acceptors (Lipinski definition) is 5. The Bertz CT molecular complexity index is 683. The van der Waals surface area contributed by atoms with E-state index in [2.05, 4.69) is 4.98 Å². The quantitative estimate of drug-likeness (QED) is 0.811. The van der Waals surface area contributed by atoms with E-state index in [1.54, 1.807) is 0 Å². The van der Waals surface area contributed by atoms with E-state index in [1.165, 1.54) is 7.11 Å². The van der Waals surface area contributed by atoms with Crippen LogP contribution in [0.5, 0.6) is 11.5 Å². The van der Waals surface area contributed by atoms with Gasteiger partial charge in [0, 0.05) is 23.6 Å². The number of carbonyl (C=O) groups excluding carboxylic acids is 1. The Morgan fingerprint density at radius 2 is 2.00 bits per heavy atom. The van der Waals surface area contributed by atoms with Gasteiger partial charge in [0.1, 0.15) is 13.2 Å². The minimum Gasteiger partial charge on any atom is -0.486 e. The van der Waals surface area contributed by atoms with Gasteiger partial charge in [0.25, 0.3) is 0 Å². The molecule has 2 aromatic rings. The third-order valence-corrected chi connectivity index (χ3v) is 3.53. The summed E-state index contributed by atoms with van der Waals surface area (Å²) in [6.45, 7) is 2.96. The Kier molecular flexibility index (Phi) is 3.64. The van der Waals surface area contributed by atoms with Crippen molar-refractivity contribution in [2.75, 3.05) is 20.3 Å². The van der Waals surface area contributed by atoms with Crippen LogP contribution in [-0.2, 0) is 16.0 Å². The lowest BCUT2D eigenvalue weighted by Gasteiger charge is -2.18. The van der Waals surface area contributed by atoms with Crippen LogP contribution in [0.2, 0.25) is 0 Å². The molecule has 110 valence electrons. The van der Waals surface area contributed by atoms with E-state index in [9.17, 15) is 4.79 Å². The number of methoxy groups -OCH3 is 1. The minimum atomic E-state index is -0.223. The number of ether oxygens (including phenoxy) is 3. The summed E-state index contributed by atoms with van der Waals surface area (Å²) in [4.78, 5) is 16.1. The average Bonchev–Trinajstić information content (AvgIpc) is 2.52. The van der Waals surface area contributed by atoms with E-state index in [0.29, 0.717) is 19.6 Å². The summed E-state index contributed by atoms with van der Waals surface area (Å²) in [5, 5.41) is 0.994. The summed E-state index contributed by atoms with van der Waals surface area (Å²) in [5.41, 5.74) is 1.70. The van der Waals surface area contributed by atoms with Crippen LogP contribution in [0, 0.1) is 5.92 Å². The summed E-state index contributed by atoms with van der Waals surface area (Å²) in [6.07, 6.45) is 0.553. The van der Waals surface area contributed by atoms with Crippen LogP contribution in [0.25, 0.3) is 10.9 Å². The van der Waals surface area contributed by atoms with Crippen LogP contribution in [-0.4, -0.2) is 31.3 Å². The maximum atomic E-state index is 11.5. The van der Waals surface area contributed by atoms with Crippen molar-refractivity contribution in [3.8, 4) is 11.5 Å². The van der Waals surface area contributed by atoms with E-state index in [4.69, 9.17) is 14.2 Å². The van der Waals surface area contributed by atoms with Gasteiger partial charge in [-0.3, -0.25) is 9.78 Å². The van der Waals surface area contributed by atoms with Crippen molar-refractivity contribution >= 4 is 16.9 Å². The molecule has 0 fully saturated rings. The van der Waals surface area contributed by atoms with Gasteiger partial charge in [-0.1, -0.05) is 13.0 Å².